The molecule has 2 amide bonds. The zero-order valence-corrected chi connectivity index (χ0v) is 20.7. The van der Waals surface area contributed by atoms with Crippen LogP contribution in [-0.2, 0) is 19.0 Å². The molecule has 1 aliphatic carbocycles. The Hall–Kier alpha value is -3.26. The molecule has 2 aliphatic rings. The molecule has 2 aromatic carbocycles. The van der Waals surface area contributed by atoms with Crippen molar-refractivity contribution in [1.29, 1.82) is 0 Å². The molecule has 0 aromatic heterocycles. The second-order valence-corrected chi connectivity index (χ2v) is 9.84. The van der Waals surface area contributed by atoms with E-state index >= 15 is 0 Å². The molecule has 186 valence electrons. The van der Waals surface area contributed by atoms with Gasteiger partial charge in [-0.1, -0.05) is 60.1 Å². The molecule has 1 aliphatic heterocycles. The highest BCUT2D eigenvalue weighted by Gasteiger charge is 2.43. The molecule has 0 radical (unpaired) electrons. The third kappa shape index (κ3) is 5.53. The third-order valence-electron chi connectivity index (χ3n) is 6.06. The van der Waals surface area contributed by atoms with Crippen LogP contribution in [0.4, 0.5) is 9.59 Å². The molecule has 2 unspecified atom stereocenters. The van der Waals surface area contributed by atoms with Crippen LogP contribution < -0.4 is 5.32 Å². The summed E-state index contributed by atoms with van der Waals surface area (Å²) in [7, 11) is 0. The van der Waals surface area contributed by atoms with Gasteiger partial charge in [-0.05, 0) is 43.0 Å². The van der Waals surface area contributed by atoms with Crippen molar-refractivity contribution in [3.63, 3.8) is 0 Å². The summed E-state index contributed by atoms with van der Waals surface area (Å²) in [4.78, 5) is 39.0. The monoisotopic (exact) mass is 500 g/mol. The minimum Gasteiger partial charge on any atom is -0.449 e. The Bertz CT molecular complexity index is 1070. The average molecular weight is 501 g/mol. The number of carbonyl (C=O) groups excluding carboxylic acids is 3. The number of amides is 2. The highest BCUT2D eigenvalue weighted by molar-refractivity contribution is 6.17. The first-order chi connectivity index (χ1) is 16.7. The van der Waals surface area contributed by atoms with E-state index in [0.717, 1.165) is 22.3 Å². The predicted molar refractivity (Wildman–Crippen MR) is 130 cm³/mol. The molecule has 0 bridgehead atoms. The summed E-state index contributed by atoms with van der Waals surface area (Å²) < 4.78 is 15.9. The number of benzene rings is 2. The minimum absolute atomic E-state index is 0.0681. The third-order valence-corrected chi connectivity index (χ3v) is 6.17. The molecule has 2 atom stereocenters. The van der Waals surface area contributed by atoms with Crippen LogP contribution in [0, 0.1) is 0 Å². The number of halogens is 1. The van der Waals surface area contributed by atoms with Crippen molar-refractivity contribution in [3.05, 3.63) is 59.7 Å². The number of rotatable bonds is 5. The van der Waals surface area contributed by atoms with Crippen LogP contribution in [0.25, 0.3) is 11.1 Å². The fourth-order valence-electron chi connectivity index (χ4n) is 4.64. The van der Waals surface area contributed by atoms with E-state index in [1.54, 1.807) is 20.8 Å². The van der Waals surface area contributed by atoms with Crippen LogP contribution >= 0.6 is 11.6 Å². The van der Waals surface area contributed by atoms with Crippen molar-refractivity contribution in [2.24, 2.45) is 0 Å². The van der Waals surface area contributed by atoms with E-state index in [1.807, 2.05) is 36.4 Å². The standard InChI is InChI=1S/C26H29ClN2O6/c1-26(2,3)35-25(32)29-13-16(12-22(29)23(30)34-15-27)28-24(31)33-14-21-19-10-6-4-8-17(19)18-9-5-7-11-20(18)21/h4-11,16,21-22H,12-15H2,1-3H3,(H,28,31). The number of alkyl carbamates (subject to hydrolysis) is 1. The van der Waals surface area contributed by atoms with Crippen LogP contribution in [-0.4, -0.2) is 60.0 Å². The number of nitrogens with zero attached hydrogens (tertiary/aromatic N) is 1. The number of hydrogen-bond acceptors (Lipinski definition) is 6. The van der Waals surface area contributed by atoms with Gasteiger partial charge in [-0.3, -0.25) is 4.90 Å². The topological polar surface area (TPSA) is 94.2 Å². The molecule has 1 fully saturated rings. The summed E-state index contributed by atoms with van der Waals surface area (Å²) in [6, 6.07) is 14.4. The summed E-state index contributed by atoms with van der Waals surface area (Å²) in [6.07, 6.45) is -1.11. The maximum absolute atomic E-state index is 12.7. The van der Waals surface area contributed by atoms with E-state index in [9.17, 15) is 14.4 Å². The summed E-state index contributed by atoms with van der Waals surface area (Å²) in [5.41, 5.74) is 3.77. The molecular formula is C26H29ClN2O6. The molecule has 1 heterocycles. The highest BCUT2D eigenvalue weighted by Crippen LogP contribution is 2.44. The molecule has 9 heteroatoms. The zero-order chi connectivity index (χ0) is 25.2. The first kappa shape index (κ1) is 24.9. The van der Waals surface area contributed by atoms with Gasteiger partial charge in [0, 0.05) is 18.9 Å². The number of hydrogen-bond donors (Lipinski definition) is 1. The second-order valence-electron chi connectivity index (χ2n) is 9.62. The van der Waals surface area contributed by atoms with Gasteiger partial charge in [-0.25, -0.2) is 14.4 Å². The first-order valence-corrected chi connectivity index (χ1v) is 12.0. The van der Waals surface area contributed by atoms with Gasteiger partial charge in [0.1, 0.15) is 18.2 Å². The number of fused-ring (bicyclic) bond motifs is 3. The SMILES string of the molecule is CC(C)(C)OC(=O)N1CC(NC(=O)OCC2c3ccccc3-c3ccccc32)CC1C(=O)OCCl. The average Bonchev–Trinajstić information content (AvgIpc) is 3.36. The molecule has 1 saturated heterocycles. The van der Waals surface area contributed by atoms with Crippen LogP contribution in [0.5, 0.6) is 0 Å². The number of esters is 1. The van der Waals surface area contributed by atoms with Crippen LogP contribution in [0.1, 0.15) is 44.2 Å². The van der Waals surface area contributed by atoms with Crippen molar-refractivity contribution < 1.29 is 28.6 Å². The predicted octanol–water partition coefficient (Wildman–Crippen LogP) is 4.64. The van der Waals surface area contributed by atoms with Crippen molar-refractivity contribution in [3.8, 4) is 11.1 Å². The van der Waals surface area contributed by atoms with Crippen molar-refractivity contribution in [2.75, 3.05) is 19.2 Å². The molecular weight excluding hydrogens is 472 g/mol. The van der Waals surface area contributed by atoms with E-state index < -0.39 is 35.8 Å². The minimum atomic E-state index is -0.914. The van der Waals surface area contributed by atoms with Crippen LogP contribution in [0.2, 0.25) is 0 Å². The largest absolute Gasteiger partial charge is 0.449 e. The van der Waals surface area contributed by atoms with E-state index in [1.165, 1.54) is 4.90 Å². The number of likely N-dealkylation sites (tertiary alicyclic amines) is 1. The smallest absolute Gasteiger partial charge is 0.411 e. The maximum Gasteiger partial charge on any atom is 0.411 e. The van der Waals surface area contributed by atoms with Crippen molar-refractivity contribution in [2.45, 2.75) is 50.8 Å². The molecule has 2 aromatic rings. The van der Waals surface area contributed by atoms with Gasteiger partial charge in [-0.2, -0.15) is 0 Å². The lowest BCUT2D eigenvalue weighted by molar-refractivity contribution is -0.146. The summed E-state index contributed by atoms with van der Waals surface area (Å²) in [6.45, 7) is 5.46. The Labute approximate surface area is 209 Å². The van der Waals surface area contributed by atoms with Gasteiger partial charge in [0.25, 0.3) is 0 Å². The molecule has 8 nitrogen and oxygen atoms in total. The lowest BCUT2D eigenvalue weighted by Gasteiger charge is -2.27. The molecule has 0 spiro atoms. The Morgan fingerprint density at radius 1 is 1.00 bits per heavy atom. The van der Waals surface area contributed by atoms with Gasteiger partial charge in [0.05, 0.1) is 6.04 Å². The first-order valence-electron chi connectivity index (χ1n) is 11.5. The van der Waals surface area contributed by atoms with E-state index in [-0.39, 0.29) is 31.6 Å². The highest BCUT2D eigenvalue weighted by atomic mass is 35.5. The summed E-state index contributed by atoms with van der Waals surface area (Å²) in [5.74, 6) is -0.718. The Balaban J connectivity index is 1.40. The fraction of sp³-hybridized carbons (Fsp3) is 0.423. The van der Waals surface area contributed by atoms with Gasteiger partial charge >= 0.3 is 18.2 Å². The van der Waals surface area contributed by atoms with Gasteiger partial charge < -0.3 is 19.5 Å². The van der Waals surface area contributed by atoms with Crippen molar-refractivity contribution >= 4 is 29.8 Å². The normalized spacial score (nSPS) is 19.0. The Kier molecular flexibility index (Phi) is 7.21. The molecule has 35 heavy (non-hydrogen) atoms. The van der Waals surface area contributed by atoms with Crippen LogP contribution in [0.3, 0.4) is 0 Å². The Morgan fingerprint density at radius 2 is 1.60 bits per heavy atom. The van der Waals surface area contributed by atoms with E-state index in [4.69, 9.17) is 25.8 Å². The van der Waals surface area contributed by atoms with E-state index in [2.05, 4.69) is 17.4 Å². The summed E-state index contributed by atoms with van der Waals surface area (Å²) >= 11 is 5.54. The van der Waals surface area contributed by atoms with E-state index in [0.29, 0.717) is 0 Å². The fourth-order valence-corrected chi connectivity index (χ4v) is 4.75. The number of carbonyl (C=O) groups is 3. The maximum atomic E-state index is 12.7. The lowest BCUT2D eigenvalue weighted by atomic mass is 9.98. The molecule has 4 rings (SSSR count). The number of alkyl halides is 1. The van der Waals surface area contributed by atoms with Gasteiger partial charge in [0.15, 0.2) is 6.07 Å². The molecule has 0 saturated carbocycles. The molecule has 1 N–H and O–H groups in total. The second kappa shape index (κ2) is 10.2. The number of nitrogens with one attached hydrogen (secondary N) is 1. The van der Waals surface area contributed by atoms with Gasteiger partial charge in [0.2, 0.25) is 0 Å². The zero-order valence-electron chi connectivity index (χ0n) is 20.0. The van der Waals surface area contributed by atoms with Gasteiger partial charge in [-0.15, -0.1) is 0 Å². The lowest BCUT2D eigenvalue weighted by Crippen LogP contribution is -2.44. The van der Waals surface area contributed by atoms with Crippen LogP contribution in [0.15, 0.2) is 48.5 Å². The quantitative estimate of drug-likeness (QED) is 0.365. The summed E-state index contributed by atoms with van der Waals surface area (Å²) in [5, 5.41) is 2.77. The number of ether oxygens (including phenoxy) is 3. The van der Waals surface area contributed by atoms with Crippen molar-refractivity contribution in [1.82, 2.24) is 10.2 Å². The Morgan fingerprint density at radius 3 is 2.17 bits per heavy atom.